The number of aromatic nitrogens is 2. The lowest BCUT2D eigenvalue weighted by atomic mass is 9.96. The van der Waals surface area contributed by atoms with E-state index in [4.69, 9.17) is 22.1 Å². The summed E-state index contributed by atoms with van der Waals surface area (Å²) in [7, 11) is 1.69. The van der Waals surface area contributed by atoms with E-state index in [-0.39, 0.29) is 5.95 Å². The zero-order valence-corrected chi connectivity index (χ0v) is 15.2. The number of ether oxygens (including phenoxy) is 1. The maximum atomic E-state index is 5.90. The van der Waals surface area contributed by atoms with E-state index in [1.54, 1.807) is 13.2 Å². The number of likely N-dealkylation sites (tertiary alicyclic amines) is 1. The number of halogens is 1. The van der Waals surface area contributed by atoms with Crippen LogP contribution in [0, 0.1) is 5.92 Å². The molecule has 1 aliphatic rings. The monoisotopic (exact) mass is 361 g/mol. The fraction of sp³-hybridized carbons (Fsp3) is 0.444. The molecular formula is C18H24ClN5O. The molecule has 1 aromatic heterocycles. The lowest BCUT2D eigenvalue weighted by Gasteiger charge is -2.32. The fourth-order valence-electron chi connectivity index (χ4n) is 3.11. The van der Waals surface area contributed by atoms with Gasteiger partial charge in [0.1, 0.15) is 16.7 Å². The van der Waals surface area contributed by atoms with Crippen molar-refractivity contribution in [2.24, 2.45) is 5.92 Å². The molecule has 0 radical (unpaired) electrons. The summed E-state index contributed by atoms with van der Waals surface area (Å²) in [4.78, 5) is 10.5. The largest absolute Gasteiger partial charge is 0.497 e. The van der Waals surface area contributed by atoms with E-state index in [2.05, 4.69) is 32.3 Å². The van der Waals surface area contributed by atoms with Gasteiger partial charge in [-0.1, -0.05) is 23.7 Å². The molecular weight excluding hydrogens is 338 g/mol. The summed E-state index contributed by atoms with van der Waals surface area (Å²) < 4.78 is 5.21. The third kappa shape index (κ3) is 5.21. The van der Waals surface area contributed by atoms with E-state index < -0.39 is 0 Å². The third-order valence-corrected chi connectivity index (χ3v) is 4.75. The van der Waals surface area contributed by atoms with Gasteiger partial charge in [0, 0.05) is 19.2 Å². The van der Waals surface area contributed by atoms with Gasteiger partial charge in [0.25, 0.3) is 0 Å². The second-order valence-electron chi connectivity index (χ2n) is 6.38. The fourth-order valence-corrected chi connectivity index (χ4v) is 3.30. The van der Waals surface area contributed by atoms with Gasteiger partial charge in [-0.3, -0.25) is 4.90 Å². The SMILES string of the molecule is COc1ccc(CN2CCC(CNc3cc(Cl)nc(N)n3)CC2)cc1. The Hall–Kier alpha value is -2.05. The van der Waals surface area contributed by atoms with Gasteiger partial charge in [0.15, 0.2) is 0 Å². The molecule has 3 rings (SSSR count). The first-order valence-corrected chi connectivity index (χ1v) is 8.89. The van der Waals surface area contributed by atoms with Crippen LogP contribution in [-0.4, -0.2) is 41.6 Å². The molecule has 2 aromatic rings. The number of nitrogen functional groups attached to an aromatic ring is 1. The van der Waals surface area contributed by atoms with E-state index in [0.29, 0.717) is 16.9 Å². The minimum absolute atomic E-state index is 0.198. The number of methoxy groups -OCH3 is 1. The van der Waals surface area contributed by atoms with Gasteiger partial charge < -0.3 is 15.8 Å². The minimum atomic E-state index is 0.198. The molecule has 1 fully saturated rings. The van der Waals surface area contributed by atoms with Crippen molar-refractivity contribution in [3.8, 4) is 5.75 Å². The Morgan fingerprint density at radius 3 is 2.60 bits per heavy atom. The Balaban J connectivity index is 1.43. The molecule has 0 saturated carbocycles. The van der Waals surface area contributed by atoms with Gasteiger partial charge >= 0.3 is 0 Å². The highest BCUT2D eigenvalue weighted by Gasteiger charge is 2.19. The van der Waals surface area contributed by atoms with Crippen LogP contribution in [0.4, 0.5) is 11.8 Å². The number of nitrogens with zero attached hydrogens (tertiary/aromatic N) is 3. The number of hydrogen-bond acceptors (Lipinski definition) is 6. The molecule has 0 amide bonds. The predicted molar refractivity (Wildman–Crippen MR) is 101 cm³/mol. The van der Waals surface area contributed by atoms with Crippen LogP contribution in [0.3, 0.4) is 0 Å². The molecule has 0 spiro atoms. The summed E-state index contributed by atoms with van der Waals surface area (Å²) in [5, 5.41) is 3.69. The topological polar surface area (TPSA) is 76.3 Å². The van der Waals surface area contributed by atoms with Crippen LogP contribution in [-0.2, 0) is 6.54 Å². The number of benzene rings is 1. The second-order valence-corrected chi connectivity index (χ2v) is 6.77. The third-order valence-electron chi connectivity index (χ3n) is 4.56. The average Bonchev–Trinajstić information content (AvgIpc) is 2.61. The van der Waals surface area contributed by atoms with Crippen LogP contribution in [0.15, 0.2) is 30.3 Å². The molecule has 3 N–H and O–H groups in total. The van der Waals surface area contributed by atoms with Crippen molar-refractivity contribution in [2.45, 2.75) is 19.4 Å². The number of piperidine rings is 1. The first-order valence-electron chi connectivity index (χ1n) is 8.51. The molecule has 25 heavy (non-hydrogen) atoms. The Morgan fingerprint density at radius 2 is 1.96 bits per heavy atom. The molecule has 7 heteroatoms. The van der Waals surface area contributed by atoms with Gasteiger partial charge in [-0.2, -0.15) is 4.98 Å². The molecule has 1 aromatic carbocycles. The maximum Gasteiger partial charge on any atom is 0.223 e. The summed E-state index contributed by atoms with van der Waals surface area (Å²) in [5.74, 6) is 2.42. The van der Waals surface area contributed by atoms with Crippen molar-refractivity contribution in [1.82, 2.24) is 14.9 Å². The Kier molecular flexibility index (Phi) is 5.94. The van der Waals surface area contributed by atoms with E-state index >= 15 is 0 Å². The normalized spacial score (nSPS) is 15.9. The summed E-state index contributed by atoms with van der Waals surface area (Å²) in [6.07, 6.45) is 2.33. The first kappa shape index (κ1) is 17.8. The van der Waals surface area contributed by atoms with Crippen molar-refractivity contribution < 1.29 is 4.74 Å². The number of nitrogens with two attached hydrogens (primary N) is 1. The maximum absolute atomic E-state index is 5.90. The van der Waals surface area contributed by atoms with Crippen molar-refractivity contribution in [3.63, 3.8) is 0 Å². The Bertz CT molecular complexity index is 666. The predicted octanol–water partition coefficient (Wildman–Crippen LogP) is 3.04. The summed E-state index contributed by atoms with van der Waals surface area (Å²) in [6, 6.07) is 10.0. The number of hydrogen-bond donors (Lipinski definition) is 2. The Labute approximate surface area is 153 Å². The van der Waals surface area contributed by atoms with E-state index in [1.807, 2.05) is 12.1 Å². The van der Waals surface area contributed by atoms with Gasteiger partial charge in [0.2, 0.25) is 5.95 Å². The molecule has 0 unspecified atom stereocenters. The first-order chi connectivity index (χ1) is 12.1. The zero-order chi connectivity index (χ0) is 17.6. The Morgan fingerprint density at radius 1 is 1.24 bits per heavy atom. The highest BCUT2D eigenvalue weighted by Crippen LogP contribution is 2.21. The molecule has 0 atom stereocenters. The quantitative estimate of drug-likeness (QED) is 0.770. The van der Waals surface area contributed by atoms with Crippen molar-refractivity contribution in [3.05, 3.63) is 41.0 Å². The van der Waals surface area contributed by atoms with Gasteiger partial charge in [-0.05, 0) is 49.5 Å². The van der Waals surface area contributed by atoms with Gasteiger partial charge in [-0.25, -0.2) is 4.98 Å². The van der Waals surface area contributed by atoms with Crippen LogP contribution in [0.1, 0.15) is 18.4 Å². The van der Waals surface area contributed by atoms with Crippen LogP contribution >= 0.6 is 11.6 Å². The molecule has 1 aliphatic heterocycles. The van der Waals surface area contributed by atoms with Crippen molar-refractivity contribution in [1.29, 1.82) is 0 Å². The summed E-state index contributed by atoms with van der Waals surface area (Å²) in [5.41, 5.74) is 6.94. The lowest BCUT2D eigenvalue weighted by Crippen LogP contribution is -2.35. The van der Waals surface area contributed by atoms with Crippen LogP contribution < -0.4 is 15.8 Å². The molecule has 0 bridgehead atoms. The summed E-state index contributed by atoms with van der Waals surface area (Å²) >= 11 is 5.90. The second kappa shape index (κ2) is 8.36. The van der Waals surface area contributed by atoms with Crippen LogP contribution in [0.25, 0.3) is 0 Å². The minimum Gasteiger partial charge on any atom is -0.497 e. The lowest BCUT2D eigenvalue weighted by molar-refractivity contribution is 0.182. The van der Waals surface area contributed by atoms with Crippen LogP contribution in [0.5, 0.6) is 5.75 Å². The molecule has 2 heterocycles. The van der Waals surface area contributed by atoms with E-state index in [0.717, 1.165) is 44.8 Å². The standard InChI is InChI=1S/C18H24ClN5O/c1-25-15-4-2-14(3-5-15)12-24-8-6-13(7-9-24)11-21-17-10-16(19)22-18(20)23-17/h2-5,10,13H,6-9,11-12H2,1H3,(H3,20,21,22,23). The van der Waals surface area contributed by atoms with E-state index in [1.165, 1.54) is 5.56 Å². The number of rotatable bonds is 6. The molecule has 6 nitrogen and oxygen atoms in total. The van der Waals surface area contributed by atoms with Crippen LogP contribution in [0.2, 0.25) is 5.15 Å². The van der Waals surface area contributed by atoms with Crippen molar-refractivity contribution in [2.75, 3.05) is 37.8 Å². The molecule has 134 valence electrons. The highest BCUT2D eigenvalue weighted by molar-refractivity contribution is 6.29. The smallest absolute Gasteiger partial charge is 0.223 e. The summed E-state index contributed by atoms with van der Waals surface area (Å²) in [6.45, 7) is 4.07. The number of nitrogens with one attached hydrogen (secondary N) is 1. The van der Waals surface area contributed by atoms with Crippen molar-refractivity contribution >= 4 is 23.4 Å². The molecule has 1 saturated heterocycles. The zero-order valence-electron chi connectivity index (χ0n) is 14.4. The molecule has 0 aliphatic carbocycles. The highest BCUT2D eigenvalue weighted by atomic mass is 35.5. The van der Waals surface area contributed by atoms with E-state index in [9.17, 15) is 0 Å². The van der Waals surface area contributed by atoms with Gasteiger partial charge in [0.05, 0.1) is 7.11 Å². The van der Waals surface area contributed by atoms with Gasteiger partial charge in [-0.15, -0.1) is 0 Å². The number of anilines is 2. The average molecular weight is 362 g/mol.